The van der Waals surface area contributed by atoms with Crippen LogP contribution in [0.2, 0.25) is 11.6 Å². The highest BCUT2D eigenvalue weighted by Crippen LogP contribution is 2.50. The van der Waals surface area contributed by atoms with E-state index in [2.05, 4.69) is 39.0 Å². The molecule has 2 saturated heterocycles. The van der Waals surface area contributed by atoms with Crippen molar-refractivity contribution in [3.8, 4) is 5.97 Å². The van der Waals surface area contributed by atoms with Gasteiger partial charge in [-0.2, -0.15) is 0 Å². The fourth-order valence-electron chi connectivity index (χ4n) is 3.37. The molecule has 2 rings (SSSR count). The van der Waals surface area contributed by atoms with E-state index in [1.54, 1.807) is 0 Å². The largest absolute Gasteiger partial charge is 0.309 e. The van der Waals surface area contributed by atoms with E-state index in [1.807, 2.05) is 0 Å². The Morgan fingerprint density at radius 1 is 1.27 bits per heavy atom. The second-order valence-electron chi connectivity index (χ2n) is 6.71. The van der Waals surface area contributed by atoms with E-state index in [0.29, 0.717) is 11.6 Å². The Morgan fingerprint density at radius 3 is 2.27 bits per heavy atom. The van der Waals surface area contributed by atoms with Crippen LogP contribution in [0.3, 0.4) is 0 Å². The third kappa shape index (κ3) is 1.92. The lowest BCUT2D eigenvalue weighted by atomic mass is 9.37. The molecule has 0 spiro atoms. The van der Waals surface area contributed by atoms with Crippen molar-refractivity contribution in [3.63, 3.8) is 0 Å². The molecule has 0 saturated carbocycles. The zero-order valence-electron chi connectivity index (χ0n) is 10.3. The maximum absolute atomic E-state index is 9.12. The van der Waals surface area contributed by atoms with Crippen molar-refractivity contribution >= 4 is 6.71 Å². The van der Waals surface area contributed by atoms with Gasteiger partial charge in [0.1, 0.15) is 0 Å². The van der Waals surface area contributed by atoms with Crippen LogP contribution in [0.1, 0.15) is 40.5 Å². The lowest BCUT2D eigenvalue weighted by Crippen LogP contribution is -2.62. The Balaban J connectivity index is 1.96. The minimum Gasteiger partial charge on any atom is -0.309 e. The van der Waals surface area contributed by atoms with E-state index in [-0.39, 0.29) is 12.0 Å². The van der Waals surface area contributed by atoms with Crippen LogP contribution < -0.4 is 5.32 Å². The third-order valence-corrected chi connectivity index (χ3v) is 4.30. The zero-order valence-corrected chi connectivity index (χ0v) is 10.3. The average molecular weight is 204 g/mol. The Labute approximate surface area is 93.5 Å². The van der Waals surface area contributed by atoms with E-state index >= 15 is 0 Å². The van der Waals surface area contributed by atoms with Gasteiger partial charge < -0.3 is 5.32 Å². The van der Waals surface area contributed by atoms with Crippen molar-refractivity contribution in [1.29, 1.82) is 5.26 Å². The number of nitrogens with one attached hydrogen (secondary N) is 1. The maximum Gasteiger partial charge on any atom is 0.273 e. The lowest BCUT2D eigenvalue weighted by molar-refractivity contribution is 0.126. The van der Waals surface area contributed by atoms with Crippen LogP contribution in [0.4, 0.5) is 0 Å². The van der Waals surface area contributed by atoms with Crippen LogP contribution in [-0.2, 0) is 0 Å². The smallest absolute Gasteiger partial charge is 0.273 e. The van der Waals surface area contributed by atoms with Crippen LogP contribution in [0.5, 0.6) is 0 Å². The Kier molecular flexibility index (Phi) is 2.39. The SMILES string of the molecule is CC1(C)CC(C2CB(C#N)C(C)(C)C2)N1. The molecule has 0 radical (unpaired) electrons. The molecular weight excluding hydrogens is 183 g/mol. The molecule has 2 unspecified atom stereocenters. The number of rotatable bonds is 1. The second kappa shape index (κ2) is 3.25. The number of hydrogen-bond donors (Lipinski definition) is 1. The molecule has 2 heterocycles. The van der Waals surface area contributed by atoms with Gasteiger partial charge in [0.15, 0.2) is 0 Å². The summed E-state index contributed by atoms with van der Waals surface area (Å²) in [6.45, 7) is 9.25. The van der Waals surface area contributed by atoms with Crippen LogP contribution in [0, 0.1) is 17.1 Å². The molecule has 0 aliphatic carbocycles. The lowest BCUT2D eigenvalue weighted by Gasteiger charge is -2.48. The highest BCUT2D eigenvalue weighted by Gasteiger charge is 2.50. The summed E-state index contributed by atoms with van der Waals surface area (Å²) < 4.78 is 0. The molecule has 15 heavy (non-hydrogen) atoms. The first kappa shape index (κ1) is 11.0. The first-order valence-electron chi connectivity index (χ1n) is 6.01. The van der Waals surface area contributed by atoms with Gasteiger partial charge in [-0.1, -0.05) is 20.2 Å². The first-order chi connectivity index (χ1) is 6.84. The van der Waals surface area contributed by atoms with E-state index < -0.39 is 0 Å². The van der Waals surface area contributed by atoms with Gasteiger partial charge in [-0.3, -0.25) is 0 Å². The predicted molar refractivity (Wildman–Crippen MR) is 63.9 cm³/mol. The zero-order chi connectivity index (χ0) is 11.3. The summed E-state index contributed by atoms with van der Waals surface area (Å²) >= 11 is 0. The molecule has 0 bridgehead atoms. The van der Waals surface area contributed by atoms with Gasteiger partial charge in [-0.05, 0) is 37.9 Å². The van der Waals surface area contributed by atoms with Gasteiger partial charge in [0.05, 0.1) is 0 Å². The quantitative estimate of drug-likeness (QED) is 0.666. The number of hydrogen-bond acceptors (Lipinski definition) is 2. The average Bonchev–Trinajstić information content (AvgIpc) is 2.36. The summed E-state index contributed by atoms with van der Waals surface area (Å²) in [4.78, 5) is 0. The fraction of sp³-hybridized carbons (Fsp3) is 0.917. The molecule has 0 amide bonds. The molecule has 2 atom stereocenters. The van der Waals surface area contributed by atoms with Gasteiger partial charge in [0.25, 0.3) is 6.71 Å². The standard InChI is InChI=1S/C12H21BN2/c1-11(2)5-9(7-13(11)8-14)10-6-12(3,4)15-10/h9-10,15H,5-7H2,1-4H3. The van der Waals surface area contributed by atoms with Crippen molar-refractivity contribution < 1.29 is 0 Å². The van der Waals surface area contributed by atoms with Gasteiger partial charge in [-0.25, -0.2) is 5.26 Å². The summed E-state index contributed by atoms with van der Waals surface area (Å²) in [5.74, 6) is 3.20. The summed E-state index contributed by atoms with van der Waals surface area (Å²) in [6.07, 6.45) is 3.57. The van der Waals surface area contributed by atoms with Crippen molar-refractivity contribution in [1.82, 2.24) is 5.32 Å². The Morgan fingerprint density at radius 2 is 1.87 bits per heavy atom. The third-order valence-electron chi connectivity index (χ3n) is 4.30. The molecule has 2 fully saturated rings. The highest BCUT2D eigenvalue weighted by molar-refractivity contribution is 6.70. The van der Waals surface area contributed by atoms with Crippen molar-refractivity contribution in [2.45, 2.75) is 63.8 Å². The summed E-state index contributed by atoms with van der Waals surface area (Å²) in [6, 6.07) is 0.664. The van der Waals surface area contributed by atoms with Crippen molar-refractivity contribution in [3.05, 3.63) is 0 Å². The summed E-state index contributed by atoms with van der Waals surface area (Å²) in [5.41, 5.74) is 0.333. The van der Waals surface area contributed by atoms with E-state index in [9.17, 15) is 0 Å². The van der Waals surface area contributed by atoms with E-state index in [1.165, 1.54) is 12.8 Å². The highest BCUT2D eigenvalue weighted by atomic mass is 15.1. The molecule has 2 nitrogen and oxygen atoms in total. The Bertz CT molecular complexity index is 295. The second-order valence-corrected chi connectivity index (χ2v) is 6.71. The minimum atomic E-state index is 0.223. The molecule has 0 aromatic carbocycles. The molecule has 82 valence electrons. The molecule has 2 aliphatic rings. The van der Waals surface area contributed by atoms with Crippen LogP contribution >= 0.6 is 0 Å². The van der Waals surface area contributed by atoms with E-state index in [0.717, 1.165) is 12.2 Å². The van der Waals surface area contributed by atoms with Gasteiger partial charge in [-0.15, -0.1) is 0 Å². The van der Waals surface area contributed by atoms with E-state index in [4.69, 9.17) is 5.26 Å². The number of nitriles is 1. The molecular formula is C12H21BN2. The van der Waals surface area contributed by atoms with Crippen molar-refractivity contribution in [2.24, 2.45) is 5.92 Å². The topological polar surface area (TPSA) is 35.8 Å². The molecule has 0 aromatic rings. The summed E-state index contributed by atoms with van der Waals surface area (Å²) in [7, 11) is 0. The van der Waals surface area contributed by atoms with Gasteiger partial charge in [0, 0.05) is 17.5 Å². The molecule has 0 aromatic heterocycles. The molecule has 1 N–H and O–H groups in total. The maximum atomic E-state index is 9.12. The summed E-state index contributed by atoms with van der Waals surface area (Å²) in [5, 5.41) is 13.0. The van der Waals surface area contributed by atoms with Crippen LogP contribution in [0.25, 0.3) is 0 Å². The normalized spacial score (nSPS) is 37.1. The van der Waals surface area contributed by atoms with Gasteiger partial charge in [0.2, 0.25) is 0 Å². The minimum absolute atomic E-state index is 0.223. The van der Waals surface area contributed by atoms with Crippen LogP contribution in [0.15, 0.2) is 0 Å². The Hall–Kier alpha value is -0.485. The van der Waals surface area contributed by atoms with Crippen LogP contribution in [-0.4, -0.2) is 18.3 Å². The monoisotopic (exact) mass is 204 g/mol. The predicted octanol–water partition coefficient (Wildman–Crippen LogP) is 2.48. The van der Waals surface area contributed by atoms with Gasteiger partial charge >= 0.3 is 0 Å². The molecule has 3 heteroatoms. The molecule has 2 aliphatic heterocycles. The fourth-order valence-corrected chi connectivity index (χ4v) is 3.37. The van der Waals surface area contributed by atoms with Crippen molar-refractivity contribution in [2.75, 3.05) is 0 Å². The first-order valence-corrected chi connectivity index (χ1v) is 6.01. The number of nitrogens with zero attached hydrogens (tertiary/aromatic N) is 1.